The molecule has 0 radical (unpaired) electrons. The standard InChI is InChI=1S/C13H19ClN2O2/c1-3-11(13(16)17)18-12-5-4-10(14)7-9(12)6-8(2)15/h4-5,7-8,11H,3,6,15H2,1-2H3,(H2,16,17). The largest absolute Gasteiger partial charge is 0.480 e. The molecule has 0 fully saturated rings. The first-order valence-electron chi connectivity index (χ1n) is 5.94. The molecule has 0 aliphatic rings. The van der Waals surface area contributed by atoms with Crippen molar-refractivity contribution >= 4 is 17.5 Å². The molecule has 4 N–H and O–H groups in total. The number of amides is 1. The summed E-state index contributed by atoms with van der Waals surface area (Å²) in [7, 11) is 0. The highest BCUT2D eigenvalue weighted by Gasteiger charge is 2.17. The van der Waals surface area contributed by atoms with Gasteiger partial charge in [-0.3, -0.25) is 4.79 Å². The van der Waals surface area contributed by atoms with E-state index in [4.69, 9.17) is 27.8 Å². The summed E-state index contributed by atoms with van der Waals surface area (Å²) in [5, 5.41) is 0.616. The van der Waals surface area contributed by atoms with Gasteiger partial charge in [-0.2, -0.15) is 0 Å². The van der Waals surface area contributed by atoms with E-state index in [0.717, 1.165) is 5.56 Å². The highest BCUT2D eigenvalue weighted by molar-refractivity contribution is 6.30. The maximum Gasteiger partial charge on any atom is 0.258 e. The minimum Gasteiger partial charge on any atom is -0.480 e. The molecule has 2 unspecified atom stereocenters. The van der Waals surface area contributed by atoms with E-state index in [1.807, 2.05) is 13.8 Å². The normalized spacial score (nSPS) is 14.0. The number of nitrogens with two attached hydrogens (primary N) is 2. The minimum atomic E-state index is -0.627. The number of hydrogen-bond donors (Lipinski definition) is 2. The van der Waals surface area contributed by atoms with Gasteiger partial charge in [0.15, 0.2) is 6.10 Å². The van der Waals surface area contributed by atoms with Gasteiger partial charge in [0.05, 0.1) is 0 Å². The van der Waals surface area contributed by atoms with E-state index in [1.54, 1.807) is 18.2 Å². The molecule has 0 heterocycles. The predicted molar refractivity (Wildman–Crippen MR) is 72.7 cm³/mol. The second kappa shape index (κ2) is 6.61. The Morgan fingerprint density at radius 2 is 2.17 bits per heavy atom. The van der Waals surface area contributed by atoms with Crippen LogP contribution in [0.5, 0.6) is 5.75 Å². The monoisotopic (exact) mass is 270 g/mol. The van der Waals surface area contributed by atoms with Gasteiger partial charge in [0.2, 0.25) is 0 Å². The van der Waals surface area contributed by atoms with Crippen LogP contribution in [-0.4, -0.2) is 18.1 Å². The van der Waals surface area contributed by atoms with Gasteiger partial charge < -0.3 is 16.2 Å². The fourth-order valence-electron chi connectivity index (χ4n) is 1.67. The van der Waals surface area contributed by atoms with Gasteiger partial charge in [-0.05, 0) is 43.5 Å². The summed E-state index contributed by atoms with van der Waals surface area (Å²) in [4.78, 5) is 11.2. The summed E-state index contributed by atoms with van der Waals surface area (Å²) in [6.07, 6.45) is 0.527. The van der Waals surface area contributed by atoms with Crippen LogP contribution < -0.4 is 16.2 Å². The number of benzene rings is 1. The molecule has 0 aliphatic carbocycles. The van der Waals surface area contributed by atoms with Crippen molar-refractivity contribution in [2.75, 3.05) is 0 Å². The van der Waals surface area contributed by atoms with Crippen molar-refractivity contribution in [2.45, 2.75) is 38.8 Å². The molecule has 0 aliphatic heterocycles. The highest BCUT2D eigenvalue weighted by Crippen LogP contribution is 2.25. The Hall–Kier alpha value is -1.26. The van der Waals surface area contributed by atoms with Crippen LogP contribution in [0.4, 0.5) is 0 Å². The zero-order valence-corrected chi connectivity index (χ0v) is 11.4. The Morgan fingerprint density at radius 1 is 1.50 bits per heavy atom. The molecule has 1 aromatic rings. The van der Waals surface area contributed by atoms with Gasteiger partial charge in [-0.25, -0.2) is 0 Å². The molecule has 1 aromatic carbocycles. The van der Waals surface area contributed by atoms with Crippen molar-refractivity contribution in [3.8, 4) is 5.75 Å². The van der Waals surface area contributed by atoms with Crippen LogP contribution in [0.25, 0.3) is 0 Å². The zero-order valence-electron chi connectivity index (χ0n) is 10.7. The van der Waals surface area contributed by atoms with Crippen LogP contribution >= 0.6 is 11.6 Å². The van der Waals surface area contributed by atoms with E-state index in [-0.39, 0.29) is 6.04 Å². The third kappa shape index (κ3) is 4.20. The molecule has 1 rings (SSSR count). The predicted octanol–water partition coefficient (Wildman–Crippen LogP) is 1.87. The number of hydrogen-bond acceptors (Lipinski definition) is 3. The molecule has 100 valence electrons. The Bertz CT molecular complexity index is 421. The Kier molecular flexibility index (Phi) is 5.44. The fourth-order valence-corrected chi connectivity index (χ4v) is 1.86. The average molecular weight is 271 g/mol. The van der Waals surface area contributed by atoms with Crippen molar-refractivity contribution in [3.05, 3.63) is 28.8 Å². The van der Waals surface area contributed by atoms with Crippen molar-refractivity contribution in [3.63, 3.8) is 0 Å². The molecular weight excluding hydrogens is 252 g/mol. The molecule has 0 spiro atoms. The van der Waals surface area contributed by atoms with Gasteiger partial charge in [0, 0.05) is 11.1 Å². The first-order valence-corrected chi connectivity index (χ1v) is 6.31. The summed E-state index contributed by atoms with van der Waals surface area (Å²) in [5.41, 5.74) is 11.9. The van der Waals surface area contributed by atoms with E-state index in [1.165, 1.54) is 0 Å². The van der Waals surface area contributed by atoms with Crippen LogP contribution in [0.2, 0.25) is 5.02 Å². The Labute approximate surface area is 112 Å². The van der Waals surface area contributed by atoms with Gasteiger partial charge in [0.25, 0.3) is 5.91 Å². The lowest BCUT2D eigenvalue weighted by Crippen LogP contribution is -2.33. The number of carbonyl (C=O) groups is 1. The lowest BCUT2D eigenvalue weighted by atomic mass is 10.1. The average Bonchev–Trinajstić information content (AvgIpc) is 2.26. The second-order valence-corrected chi connectivity index (χ2v) is 4.79. The Morgan fingerprint density at radius 3 is 2.67 bits per heavy atom. The lowest BCUT2D eigenvalue weighted by Gasteiger charge is -2.18. The van der Waals surface area contributed by atoms with E-state index in [0.29, 0.717) is 23.6 Å². The van der Waals surface area contributed by atoms with Crippen LogP contribution in [0.1, 0.15) is 25.8 Å². The molecule has 0 saturated heterocycles. The summed E-state index contributed by atoms with van der Waals surface area (Å²) in [5.74, 6) is 0.140. The van der Waals surface area contributed by atoms with Crippen molar-refractivity contribution in [1.82, 2.24) is 0 Å². The van der Waals surface area contributed by atoms with Gasteiger partial charge in [-0.1, -0.05) is 18.5 Å². The molecule has 1 amide bonds. The minimum absolute atomic E-state index is 0.0144. The number of primary amides is 1. The van der Waals surface area contributed by atoms with E-state index < -0.39 is 12.0 Å². The summed E-state index contributed by atoms with van der Waals surface area (Å²) in [6, 6.07) is 5.24. The molecule has 0 saturated carbocycles. The van der Waals surface area contributed by atoms with E-state index in [2.05, 4.69) is 0 Å². The van der Waals surface area contributed by atoms with Crippen LogP contribution in [0, 0.1) is 0 Å². The number of rotatable bonds is 6. The van der Waals surface area contributed by atoms with Crippen LogP contribution in [0.3, 0.4) is 0 Å². The van der Waals surface area contributed by atoms with Crippen molar-refractivity contribution in [1.29, 1.82) is 0 Å². The maximum absolute atomic E-state index is 11.2. The number of ether oxygens (including phenoxy) is 1. The number of carbonyl (C=O) groups excluding carboxylic acids is 1. The third-order valence-electron chi connectivity index (χ3n) is 2.52. The quantitative estimate of drug-likeness (QED) is 0.828. The smallest absolute Gasteiger partial charge is 0.258 e. The third-order valence-corrected chi connectivity index (χ3v) is 2.76. The molecular formula is C13H19ClN2O2. The first kappa shape index (κ1) is 14.8. The maximum atomic E-state index is 11.2. The van der Waals surface area contributed by atoms with E-state index >= 15 is 0 Å². The molecule has 18 heavy (non-hydrogen) atoms. The molecule has 0 aromatic heterocycles. The molecule has 4 nitrogen and oxygen atoms in total. The van der Waals surface area contributed by atoms with Crippen molar-refractivity contribution < 1.29 is 9.53 Å². The van der Waals surface area contributed by atoms with E-state index in [9.17, 15) is 4.79 Å². The molecule has 5 heteroatoms. The molecule has 0 bridgehead atoms. The topological polar surface area (TPSA) is 78.3 Å². The van der Waals surface area contributed by atoms with Crippen LogP contribution in [-0.2, 0) is 11.2 Å². The van der Waals surface area contributed by atoms with Crippen LogP contribution in [0.15, 0.2) is 18.2 Å². The lowest BCUT2D eigenvalue weighted by molar-refractivity contribution is -0.124. The first-order chi connectivity index (χ1) is 8.43. The van der Waals surface area contributed by atoms with Crippen molar-refractivity contribution in [2.24, 2.45) is 11.5 Å². The van der Waals surface area contributed by atoms with Gasteiger partial charge in [-0.15, -0.1) is 0 Å². The summed E-state index contributed by atoms with van der Waals surface area (Å²) >= 11 is 5.95. The summed E-state index contributed by atoms with van der Waals surface area (Å²) < 4.78 is 5.62. The van der Waals surface area contributed by atoms with Gasteiger partial charge in [0.1, 0.15) is 5.75 Å². The zero-order chi connectivity index (χ0) is 13.7. The Balaban J connectivity index is 2.96. The number of halogens is 1. The molecule has 2 atom stereocenters. The second-order valence-electron chi connectivity index (χ2n) is 4.35. The highest BCUT2D eigenvalue weighted by atomic mass is 35.5. The SMILES string of the molecule is CCC(Oc1ccc(Cl)cc1CC(C)N)C(N)=O. The summed E-state index contributed by atoms with van der Waals surface area (Å²) in [6.45, 7) is 3.74. The fraction of sp³-hybridized carbons (Fsp3) is 0.462. The van der Waals surface area contributed by atoms with Gasteiger partial charge >= 0.3 is 0 Å².